The van der Waals surface area contributed by atoms with Crippen LogP contribution in [-0.2, 0) is 0 Å². The summed E-state index contributed by atoms with van der Waals surface area (Å²) in [6, 6.07) is 7.60. The van der Waals surface area contributed by atoms with Gasteiger partial charge in [-0.05, 0) is 56.1 Å². The number of rotatable bonds is 5. The molecule has 0 atom stereocenters. The number of hydrogen-bond donors (Lipinski definition) is 2. The molecule has 3 N–H and O–H groups in total. The number of carbonyl (C=O) groups excluding carboxylic acids is 1. The number of carbonyl (C=O) groups is 1. The molecule has 1 aliphatic rings. The SMILES string of the molecule is CCNCC1CCN(c2ccc(C(N)=O)cc2)CC1. The van der Waals surface area contributed by atoms with Gasteiger partial charge < -0.3 is 16.0 Å². The van der Waals surface area contributed by atoms with E-state index in [0.717, 1.165) is 32.1 Å². The number of nitrogens with one attached hydrogen (secondary N) is 1. The molecular weight excluding hydrogens is 238 g/mol. The van der Waals surface area contributed by atoms with Crippen LogP contribution in [0.1, 0.15) is 30.1 Å². The molecule has 0 aliphatic carbocycles. The number of anilines is 1. The van der Waals surface area contributed by atoms with Crippen LogP contribution < -0.4 is 16.0 Å². The fourth-order valence-electron chi connectivity index (χ4n) is 2.58. The molecule has 0 saturated carbocycles. The van der Waals surface area contributed by atoms with Gasteiger partial charge in [0.2, 0.25) is 5.91 Å². The molecular formula is C15H23N3O. The van der Waals surface area contributed by atoms with Crippen molar-refractivity contribution in [2.24, 2.45) is 11.7 Å². The van der Waals surface area contributed by atoms with Gasteiger partial charge >= 0.3 is 0 Å². The van der Waals surface area contributed by atoms with E-state index in [1.54, 1.807) is 0 Å². The maximum absolute atomic E-state index is 11.0. The van der Waals surface area contributed by atoms with E-state index in [4.69, 9.17) is 5.73 Å². The van der Waals surface area contributed by atoms with E-state index in [1.807, 2.05) is 24.3 Å². The van der Waals surface area contributed by atoms with Gasteiger partial charge in [0.25, 0.3) is 0 Å². The van der Waals surface area contributed by atoms with E-state index in [2.05, 4.69) is 17.1 Å². The van der Waals surface area contributed by atoms with E-state index >= 15 is 0 Å². The summed E-state index contributed by atoms with van der Waals surface area (Å²) in [5.41, 5.74) is 7.01. The average molecular weight is 261 g/mol. The Morgan fingerprint density at radius 2 is 1.95 bits per heavy atom. The molecule has 1 fully saturated rings. The Morgan fingerprint density at radius 1 is 1.32 bits per heavy atom. The average Bonchev–Trinajstić information content (AvgIpc) is 2.46. The van der Waals surface area contributed by atoms with Crippen LogP contribution in [0.3, 0.4) is 0 Å². The first-order valence-electron chi connectivity index (χ1n) is 7.06. The number of primary amides is 1. The van der Waals surface area contributed by atoms with Crippen LogP contribution in [0.15, 0.2) is 24.3 Å². The monoisotopic (exact) mass is 261 g/mol. The smallest absolute Gasteiger partial charge is 0.248 e. The van der Waals surface area contributed by atoms with Gasteiger partial charge in [-0.1, -0.05) is 6.92 Å². The quantitative estimate of drug-likeness (QED) is 0.846. The lowest BCUT2D eigenvalue weighted by molar-refractivity contribution is 0.100. The molecule has 1 aromatic carbocycles. The lowest BCUT2D eigenvalue weighted by Crippen LogP contribution is -2.37. The van der Waals surface area contributed by atoms with Crippen LogP contribution in [0.4, 0.5) is 5.69 Å². The summed E-state index contributed by atoms with van der Waals surface area (Å²) >= 11 is 0. The van der Waals surface area contributed by atoms with E-state index in [-0.39, 0.29) is 5.91 Å². The molecule has 2 rings (SSSR count). The third-order valence-electron chi connectivity index (χ3n) is 3.81. The maximum atomic E-state index is 11.0. The molecule has 0 spiro atoms. The Morgan fingerprint density at radius 3 is 2.47 bits per heavy atom. The molecule has 0 aromatic heterocycles. The van der Waals surface area contributed by atoms with Crippen LogP contribution in [0.5, 0.6) is 0 Å². The Bertz CT molecular complexity index is 408. The molecule has 104 valence electrons. The van der Waals surface area contributed by atoms with Crippen molar-refractivity contribution in [2.45, 2.75) is 19.8 Å². The first-order valence-corrected chi connectivity index (χ1v) is 7.06. The van der Waals surface area contributed by atoms with Crippen molar-refractivity contribution in [3.05, 3.63) is 29.8 Å². The van der Waals surface area contributed by atoms with Crippen molar-refractivity contribution >= 4 is 11.6 Å². The molecule has 0 bridgehead atoms. The van der Waals surface area contributed by atoms with E-state index in [9.17, 15) is 4.79 Å². The summed E-state index contributed by atoms with van der Waals surface area (Å²) < 4.78 is 0. The molecule has 0 unspecified atom stereocenters. The van der Waals surface area contributed by atoms with Gasteiger partial charge in [-0.25, -0.2) is 0 Å². The molecule has 1 aliphatic heterocycles. The highest BCUT2D eigenvalue weighted by Crippen LogP contribution is 2.23. The van der Waals surface area contributed by atoms with Crippen LogP contribution in [0.2, 0.25) is 0 Å². The summed E-state index contributed by atoms with van der Waals surface area (Å²) in [4.78, 5) is 13.4. The van der Waals surface area contributed by atoms with Gasteiger partial charge in [0, 0.05) is 24.3 Å². The summed E-state index contributed by atoms with van der Waals surface area (Å²) in [5.74, 6) is 0.428. The largest absolute Gasteiger partial charge is 0.372 e. The van der Waals surface area contributed by atoms with Crippen LogP contribution >= 0.6 is 0 Å². The Balaban J connectivity index is 1.88. The van der Waals surface area contributed by atoms with Gasteiger partial charge in [-0.3, -0.25) is 4.79 Å². The van der Waals surface area contributed by atoms with Crippen LogP contribution in [0.25, 0.3) is 0 Å². The fraction of sp³-hybridized carbons (Fsp3) is 0.533. The second-order valence-electron chi connectivity index (χ2n) is 5.15. The number of nitrogens with zero attached hydrogens (tertiary/aromatic N) is 1. The molecule has 19 heavy (non-hydrogen) atoms. The molecule has 1 amide bonds. The molecule has 1 heterocycles. The fourth-order valence-corrected chi connectivity index (χ4v) is 2.58. The second kappa shape index (κ2) is 6.57. The van der Waals surface area contributed by atoms with Crippen molar-refractivity contribution in [1.29, 1.82) is 0 Å². The van der Waals surface area contributed by atoms with Crippen molar-refractivity contribution < 1.29 is 4.79 Å². The van der Waals surface area contributed by atoms with Crippen molar-refractivity contribution in [3.8, 4) is 0 Å². The van der Waals surface area contributed by atoms with E-state index in [0.29, 0.717) is 5.56 Å². The highest BCUT2D eigenvalue weighted by Gasteiger charge is 2.18. The van der Waals surface area contributed by atoms with Gasteiger partial charge in [-0.2, -0.15) is 0 Å². The van der Waals surface area contributed by atoms with Gasteiger partial charge in [0.15, 0.2) is 0 Å². The molecule has 1 aromatic rings. The number of benzene rings is 1. The number of piperidine rings is 1. The summed E-state index contributed by atoms with van der Waals surface area (Å²) in [6.07, 6.45) is 2.45. The molecule has 1 saturated heterocycles. The normalized spacial score (nSPS) is 16.6. The zero-order chi connectivity index (χ0) is 13.7. The molecule has 4 heteroatoms. The maximum Gasteiger partial charge on any atom is 0.248 e. The zero-order valence-corrected chi connectivity index (χ0v) is 11.6. The molecule has 4 nitrogen and oxygen atoms in total. The lowest BCUT2D eigenvalue weighted by Gasteiger charge is -2.33. The summed E-state index contributed by atoms with van der Waals surface area (Å²) in [6.45, 7) is 6.51. The highest BCUT2D eigenvalue weighted by molar-refractivity contribution is 5.93. The second-order valence-corrected chi connectivity index (χ2v) is 5.15. The van der Waals surface area contributed by atoms with Crippen LogP contribution in [0, 0.1) is 5.92 Å². The predicted octanol–water partition coefficient (Wildman–Crippen LogP) is 1.61. The van der Waals surface area contributed by atoms with E-state index < -0.39 is 0 Å². The van der Waals surface area contributed by atoms with Gasteiger partial charge in [0.05, 0.1) is 0 Å². The van der Waals surface area contributed by atoms with Crippen LogP contribution in [-0.4, -0.2) is 32.1 Å². The molecule has 0 radical (unpaired) electrons. The topological polar surface area (TPSA) is 58.4 Å². The Kier molecular flexibility index (Phi) is 4.80. The highest BCUT2D eigenvalue weighted by atomic mass is 16.1. The Hall–Kier alpha value is -1.55. The third kappa shape index (κ3) is 3.70. The summed E-state index contributed by atoms with van der Waals surface area (Å²) in [5, 5.41) is 3.42. The number of amides is 1. The minimum atomic E-state index is -0.365. The first kappa shape index (κ1) is 13.9. The first-order chi connectivity index (χ1) is 9.20. The zero-order valence-electron chi connectivity index (χ0n) is 11.6. The minimum Gasteiger partial charge on any atom is -0.372 e. The Labute approximate surface area is 115 Å². The van der Waals surface area contributed by atoms with E-state index in [1.165, 1.54) is 18.5 Å². The summed E-state index contributed by atoms with van der Waals surface area (Å²) in [7, 11) is 0. The standard InChI is InChI=1S/C15H23N3O/c1-2-17-11-12-7-9-18(10-8-12)14-5-3-13(4-6-14)15(16)19/h3-6,12,17H,2,7-11H2,1H3,(H2,16,19). The van der Waals surface area contributed by atoms with Crippen molar-refractivity contribution in [2.75, 3.05) is 31.1 Å². The minimum absolute atomic E-state index is 0.365. The van der Waals surface area contributed by atoms with Crippen molar-refractivity contribution in [3.63, 3.8) is 0 Å². The number of hydrogen-bond acceptors (Lipinski definition) is 3. The lowest BCUT2D eigenvalue weighted by atomic mass is 9.96. The van der Waals surface area contributed by atoms with Gasteiger partial charge in [-0.15, -0.1) is 0 Å². The van der Waals surface area contributed by atoms with Gasteiger partial charge in [0.1, 0.15) is 0 Å². The predicted molar refractivity (Wildman–Crippen MR) is 78.4 cm³/mol. The number of nitrogens with two attached hydrogens (primary N) is 1. The van der Waals surface area contributed by atoms with Crippen molar-refractivity contribution in [1.82, 2.24) is 5.32 Å². The third-order valence-corrected chi connectivity index (χ3v) is 3.81.